The Bertz CT molecular complexity index is 173. The molecule has 1 rings (SSSR count). The van der Waals surface area contributed by atoms with Gasteiger partial charge < -0.3 is 9.47 Å². The molecule has 1 aliphatic heterocycles. The van der Waals surface area contributed by atoms with Crippen LogP contribution in [0.15, 0.2) is 0 Å². The summed E-state index contributed by atoms with van der Waals surface area (Å²) in [5, 5.41) is 0. The summed E-state index contributed by atoms with van der Waals surface area (Å²) >= 11 is 0. The van der Waals surface area contributed by atoms with Crippen LogP contribution in [0.3, 0.4) is 0 Å². The van der Waals surface area contributed by atoms with Crippen molar-refractivity contribution in [3.8, 4) is 0 Å². The van der Waals surface area contributed by atoms with Gasteiger partial charge >= 0.3 is 0 Å². The summed E-state index contributed by atoms with van der Waals surface area (Å²) in [6.07, 6.45) is 1.15. The van der Waals surface area contributed by atoms with Gasteiger partial charge in [-0.1, -0.05) is 0 Å². The van der Waals surface area contributed by atoms with Crippen molar-refractivity contribution in [3.63, 3.8) is 0 Å². The van der Waals surface area contributed by atoms with Crippen molar-refractivity contribution >= 4 is 5.91 Å². The maximum atomic E-state index is 11.5. The van der Waals surface area contributed by atoms with Crippen LogP contribution in [0.5, 0.6) is 0 Å². The molecule has 0 aromatic heterocycles. The molecule has 1 saturated heterocycles. The van der Waals surface area contributed by atoms with Crippen LogP contribution in [0.4, 0.5) is 0 Å². The number of rotatable bonds is 3. The minimum atomic E-state index is -0.762. The van der Waals surface area contributed by atoms with E-state index < -0.39 is 5.60 Å². The molecule has 0 spiro atoms. The van der Waals surface area contributed by atoms with E-state index >= 15 is 0 Å². The van der Waals surface area contributed by atoms with E-state index in [-0.39, 0.29) is 5.91 Å². The van der Waals surface area contributed by atoms with Gasteiger partial charge in [-0.3, -0.25) is 10.2 Å². The Hall–Kier alpha value is -0.650. The number of hydrogen-bond acceptors (Lipinski definition) is 4. The van der Waals surface area contributed by atoms with Gasteiger partial charge in [0.15, 0.2) is 5.60 Å². The lowest BCUT2D eigenvalue weighted by atomic mass is 9.93. The Kier molecular flexibility index (Phi) is 3.65. The van der Waals surface area contributed by atoms with Gasteiger partial charge in [0.25, 0.3) is 5.91 Å². The predicted octanol–water partition coefficient (Wildman–Crippen LogP) is -0.438. The maximum Gasteiger partial charge on any atom is 0.266 e. The average Bonchev–Trinajstić information content (AvgIpc) is 2.18. The molecule has 1 amide bonds. The average molecular weight is 188 g/mol. The normalized spacial score (nSPS) is 21.1. The van der Waals surface area contributed by atoms with Gasteiger partial charge in [-0.2, -0.15) is 0 Å². The van der Waals surface area contributed by atoms with Gasteiger partial charge in [0.2, 0.25) is 0 Å². The van der Waals surface area contributed by atoms with E-state index in [9.17, 15) is 4.79 Å². The summed E-state index contributed by atoms with van der Waals surface area (Å²) in [6, 6.07) is 0. The number of nitrogens with two attached hydrogens (primary N) is 1. The zero-order valence-electron chi connectivity index (χ0n) is 7.84. The number of hydrazine groups is 1. The highest BCUT2D eigenvalue weighted by atomic mass is 16.5. The number of carbonyl (C=O) groups is 1. The third kappa shape index (κ3) is 2.18. The van der Waals surface area contributed by atoms with Gasteiger partial charge in [-0.25, -0.2) is 5.84 Å². The van der Waals surface area contributed by atoms with Crippen LogP contribution in [0.2, 0.25) is 0 Å². The van der Waals surface area contributed by atoms with E-state index in [4.69, 9.17) is 15.3 Å². The van der Waals surface area contributed by atoms with E-state index in [1.165, 1.54) is 0 Å². The molecule has 1 fully saturated rings. The van der Waals surface area contributed by atoms with Crippen molar-refractivity contribution < 1.29 is 14.3 Å². The molecule has 0 radical (unpaired) electrons. The molecule has 0 aromatic rings. The van der Waals surface area contributed by atoms with E-state index in [0.29, 0.717) is 32.7 Å². The molecular weight excluding hydrogens is 172 g/mol. The first kappa shape index (κ1) is 10.4. The molecule has 1 heterocycles. The second kappa shape index (κ2) is 4.55. The lowest BCUT2D eigenvalue weighted by Gasteiger charge is -2.34. The van der Waals surface area contributed by atoms with Crippen LogP contribution in [-0.2, 0) is 14.3 Å². The molecule has 3 N–H and O–H groups in total. The van der Waals surface area contributed by atoms with Crippen LogP contribution in [-0.4, -0.2) is 31.3 Å². The first-order valence-corrected chi connectivity index (χ1v) is 4.48. The van der Waals surface area contributed by atoms with Crippen molar-refractivity contribution in [2.24, 2.45) is 5.84 Å². The van der Waals surface area contributed by atoms with Crippen LogP contribution in [0, 0.1) is 0 Å². The topological polar surface area (TPSA) is 73.6 Å². The number of nitrogens with one attached hydrogen (secondary N) is 1. The second-order valence-corrected chi connectivity index (χ2v) is 3.01. The van der Waals surface area contributed by atoms with E-state index in [0.717, 1.165) is 0 Å². The molecular formula is C8H16N2O3. The number of ether oxygens (including phenoxy) is 2. The minimum Gasteiger partial charge on any atom is -0.381 e. The molecule has 0 atom stereocenters. The Morgan fingerprint density at radius 1 is 1.62 bits per heavy atom. The Morgan fingerprint density at radius 3 is 2.69 bits per heavy atom. The highest BCUT2D eigenvalue weighted by Crippen LogP contribution is 2.25. The van der Waals surface area contributed by atoms with Crippen molar-refractivity contribution in [1.29, 1.82) is 0 Å². The first-order valence-electron chi connectivity index (χ1n) is 4.48. The molecule has 0 unspecified atom stereocenters. The minimum absolute atomic E-state index is 0.252. The molecule has 0 aromatic carbocycles. The smallest absolute Gasteiger partial charge is 0.266 e. The van der Waals surface area contributed by atoms with Gasteiger partial charge in [-0.05, 0) is 6.92 Å². The highest BCUT2D eigenvalue weighted by molar-refractivity contribution is 5.84. The lowest BCUT2D eigenvalue weighted by molar-refractivity contribution is -0.159. The zero-order chi connectivity index (χ0) is 9.73. The molecule has 13 heavy (non-hydrogen) atoms. The molecule has 1 aliphatic rings. The summed E-state index contributed by atoms with van der Waals surface area (Å²) < 4.78 is 10.6. The number of hydrogen-bond donors (Lipinski definition) is 2. The zero-order valence-corrected chi connectivity index (χ0v) is 7.84. The van der Waals surface area contributed by atoms with Crippen molar-refractivity contribution in [2.45, 2.75) is 25.4 Å². The predicted molar refractivity (Wildman–Crippen MR) is 46.7 cm³/mol. The summed E-state index contributed by atoms with van der Waals surface area (Å²) in [7, 11) is 0. The maximum absolute atomic E-state index is 11.5. The molecule has 76 valence electrons. The summed E-state index contributed by atoms with van der Waals surface area (Å²) in [5.74, 6) is 4.85. The number of amides is 1. The Balaban J connectivity index is 2.66. The third-order valence-electron chi connectivity index (χ3n) is 2.27. The van der Waals surface area contributed by atoms with E-state index in [1.807, 2.05) is 6.92 Å². The monoisotopic (exact) mass is 188 g/mol. The highest BCUT2D eigenvalue weighted by Gasteiger charge is 2.40. The lowest BCUT2D eigenvalue weighted by Crippen LogP contribution is -2.54. The summed E-state index contributed by atoms with van der Waals surface area (Å²) in [6.45, 7) is 3.47. The van der Waals surface area contributed by atoms with Gasteiger partial charge in [0, 0.05) is 32.7 Å². The SMILES string of the molecule is CCOC1(C(=O)NN)CCOCC1. The van der Waals surface area contributed by atoms with E-state index in [1.54, 1.807) is 0 Å². The summed E-state index contributed by atoms with van der Waals surface area (Å²) in [4.78, 5) is 11.5. The van der Waals surface area contributed by atoms with Crippen LogP contribution in [0.1, 0.15) is 19.8 Å². The van der Waals surface area contributed by atoms with Crippen LogP contribution in [0.25, 0.3) is 0 Å². The third-order valence-corrected chi connectivity index (χ3v) is 2.27. The standard InChI is InChI=1S/C8H16N2O3/c1-2-13-8(7(11)10-9)3-5-12-6-4-8/h2-6,9H2,1H3,(H,10,11). The van der Waals surface area contributed by atoms with Crippen LogP contribution >= 0.6 is 0 Å². The number of carbonyl (C=O) groups excluding carboxylic acids is 1. The van der Waals surface area contributed by atoms with Crippen LogP contribution < -0.4 is 11.3 Å². The molecule has 5 heteroatoms. The fraction of sp³-hybridized carbons (Fsp3) is 0.875. The van der Waals surface area contributed by atoms with Crippen molar-refractivity contribution in [3.05, 3.63) is 0 Å². The van der Waals surface area contributed by atoms with E-state index in [2.05, 4.69) is 5.43 Å². The molecule has 0 aliphatic carbocycles. The fourth-order valence-electron chi connectivity index (χ4n) is 1.55. The largest absolute Gasteiger partial charge is 0.381 e. The first-order chi connectivity index (χ1) is 6.25. The van der Waals surface area contributed by atoms with Crippen molar-refractivity contribution in [1.82, 2.24) is 5.43 Å². The van der Waals surface area contributed by atoms with Gasteiger partial charge in [0.1, 0.15) is 0 Å². The Labute approximate surface area is 77.5 Å². The van der Waals surface area contributed by atoms with Crippen molar-refractivity contribution in [2.75, 3.05) is 19.8 Å². The second-order valence-electron chi connectivity index (χ2n) is 3.01. The molecule has 0 saturated carbocycles. The fourth-order valence-corrected chi connectivity index (χ4v) is 1.55. The molecule has 5 nitrogen and oxygen atoms in total. The Morgan fingerprint density at radius 2 is 2.23 bits per heavy atom. The molecule has 0 bridgehead atoms. The van der Waals surface area contributed by atoms with Gasteiger partial charge in [0.05, 0.1) is 0 Å². The summed E-state index contributed by atoms with van der Waals surface area (Å²) in [5.41, 5.74) is 1.38. The van der Waals surface area contributed by atoms with Gasteiger partial charge in [-0.15, -0.1) is 0 Å². The quantitative estimate of drug-likeness (QED) is 0.358.